The van der Waals surface area contributed by atoms with E-state index >= 15 is 0 Å². The molecule has 174 valence electrons. The van der Waals surface area contributed by atoms with E-state index in [2.05, 4.69) is 10.3 Å². The van der Waals surface area contributed by atoms with Gasteiger partial charge < -0.3 is 24.7 Å². The van der Waals surface area contributed by atoms with E-state index in [9.17, 15) is 14.4 Å². The van der Waals surface area contributed by atoms with E-state index in [4.69, 9.17) is 9.47 Å². The standard InChI is InChI=1S/C24H33N3O5/c1-6-7-12-20(22(29)31-5)27-14-19-16(15-10-8-9-11-17(15)25-19)13-18(21(27)28)26-23(30)32-24(2,3)4/h8-11,18,20,25H,6-7,12-14H2,1-5H3,(H,26,30)/t18-,20-/m0/s1. The van der Waals surface area contributed by atoms with Crippen molar-refractivity contribution in [3.63, 3.8) is 0 Å². The molecule has 1 aromatic carbocycles. The summed E-state index contributed by atoms with van der Waals surface area (Å²) in [5, 5.41) is 3.74. The summed E-state index contributed by atoms with van der Waals surface area (Å²) in [6, 6.07) is 6.25. The molecule has 2 amide bonds. The molecule has 1 aliphatic rings. The van der Waals surface area contributed by atoms with Gasteiger partial charge in [0.25, 0.3) is 0 Å². The number of aromatic amines is 1. The van der Waals surface area contributed by atoms with Gasteiger partial charge in [-0.15, -0.1) is 0 Å². The molecule has 2 aromatic rings. The van der Waals surface area contributed by atoms with Crippen molar-refractivity contribution in [2.24, 2.45) is 0 Å². The number of carbonyl (C=O) groups is 3. The summed E-state index contributed by atoms with van der Waals surface area (Å²) in [5.41, 5.74) is 2.07. The predicted octanol–water partition coefficient (Wildman–Crippen LogP) is 3.68. The van der Waals surface area contributed by atoms with Crippen molar-refractivity contribution in [1.82, 2.24) is 15.2 Å². The molecule has 0 bridgehead atoms. The summed E-state index contributed by atoms with van der Waals surface area (Å²) in [5.74, 6) is -0.779. The van der Waals surface area contributed by atoms with Crippen LogP contribution in [0.5, 0.6) is 0 Å². The van der Waals surface area contributed by atoms with Gasteiger partial charge in [-0.05, 0) is 38.8 Å². The monoisotopic (exact) mass is 443 g/mol. The van der Waals surface area contributed by atoms with Crippen LogP contribution in [0.3, 0.4) is 0 Å². The van der Waals surface area contributed by atoms with Gasteiger partial charge in [0.15, 0.2) is 0 Å². The van der Waals surface area contributed by atoms with Crippen LogP contribution in [-0.2, 0) is 32.0 Å². The number of nitrogens with one attached hydrogen (secondary N) is 2. The molecule has 1 aliphatic heterocycles. The molecule has 0 fully saturated rings. The smallest absolute Gasteiger partial charge is 0.408 e. The number of rotatable bonds is 6. The van der Waals surface area contributed by atoms with Crippen molar-refractivity contribution < 1.29 is 23.9 Å². The van der Waals surface area contributed by atoms with E-state index in [1.54, 1.807) is 20.8 Å². The Hall–Kier alpha value is -3.03. The molecule has 3 rings (SSSR count). The summed E-state index contributed by atoms with van der Waals surface area (Å²) >= 11 is 0. The molecule has 32 heavy (non-hydrogen) atoms. The first-order chi connectivity index (χ1) is 15.1. The number of hydrogen-bond donors (Lipinski definition) is 2. The number of unbranched alkanes of at least 4 members (excludes halogenated alkanes) is 1. The number of amides is 2. The molecule has 2 heterocycles. The fourth-order valence-electron chi connectivity index (χ4n) is 4.12. The number of carbonyl (C=O) groups excluding carboxylic acids is 3. The molecule has 1 aromatic heterocycles. The maximum absolute atomic E-state index is 13.6. The molecular formula is C24H33N3O5. The number of aromatic nitrogens is 1. The normalized spacial score (nSPS) is 17.5. The number of ether oxygens (including phenoxy) is 2. The van der Waals surface area contributed by atoms with Crippen molar-refractivity contribution in [2.45, 2.75) is 77.6 Å². The second-order valence-corrected chi connectivity index (χ2v) is 9.18. The van der Waals surface area contributed by atoms with Crippen molar-refractivity contribution in [3.05, 3.63) is 35.5 Å². The average molecular weight is 444 g/mol. The van der Waals surface area contributed by atoms with E-state index in [0.29, 0.717) is 12.8 Å². The van der Waals surface area contributed by atoms with E-state index in [-0.39, 0.29) is 12.5 Å². The Balaban J connectivity index is 2.02. The summed E-state index contributed by atoms with van der Waals surface area (Å²) in [6.45, 7) is 7.57. The fraction of sp³-hybridized carbons (Fsp3) is 0.542. The lowest BCUT2D eigenvalue weighted by Gasteiger charge is -2.31. The summed E-state index contributed by atoms with van der Waals surface area (Å²) in [7, 11) is 1.33. The zero-order chi connectivity index (χ0) is 23.5. The third kappa shape index (κ3) is 5.23. The molecule has 0 unspecified atom stereocenters. The van der Waals surface area contributed by atoms with Crippen LogP contribution in [0.25, 0.3) is 10.9 Å². The van der Waals surface area contributed by atoms with Gasteiger partial charge in [-0.25, -0.2) is 9.59 Å². The maximum atomic E-state index is 13.6. The largest absolute Gasteiger partial charge is 0.467 e. The van der Waals surface area contributed by atoms with Crippen molar-refractivity contribution >= 4 is 28.9 Å². The highest BCUT2D eigenvalue weighted by Gasteiger charge is 2.39. The van der Waals surface area contributed by atoms with Crippen LogP contribution >= 0.6 is 0 Å². The minimum atomic E-state index is -0.862. The van der Waals surface area contributed by atoms with Crippen LogP contribution in [0.2, 0.25) is 0 Å². The van der Waals surface area contributed by atoms with Crippen LogP contribution in [0, 0.1) is 0 Å². The highest BCUT2D eigenvalue weighted by molar-refractivity contribution is 5.93. The third-order valence-electron chi connectivity index (χ3n) is 5.59. The Morgan fingerprint density at radius 3 is 2.66 bits per heavy atom. The van der Waals surface area contributed by atoms with Crippen LogP contribution in [0.4, 0.5) is 4.79 Å². The maximum Gasteiger partial charge on any atom is 0.408 e. The van der Waals surface area contributed by atoms with Gasteiger partial charge in [0.05, 0.1) is 13.7 Å². The SMILES string of the molecule is CCCC[C@@H](C(=O)OC)N1Cc2[nH]c3ccccc3c2C[C@H](NC(=O)OC(C)(C)C)C1=O. The molecule has 2 N–H and O–H groups in total. The molecule has 8 nitrogen and oxygen atoms in total. The molecular weight excluding hydrogens is 410 g/mol. The van der Waals surface area contributed by atoms with Gasteiger partial charge in [0.1, 0.15) is 17.7 Å². The number of methoxy groups -OCH3 is 1. The Labute approximate surface area is 188 Å². The summed E-state index contributed by atoms with van der Waals surface area (Å²) in [4.78, 5) is 43.7. The Morgan fingerprint density at radius 2 is 2.00 bits per heavy atom. The number of fused-ring (bicyclic) bond motifs is 3. The van der Waals surface area contributed by atoms with Gasteiger partial charge in [0, 0.05) is 23.0 Å². The number of nitrogens with zero attached hydrogens (tertiary/aromatic N) is 1. The van der Waals surface area contributed by atoms with Crippen molar-refractivity contribution in [2.75, 3.05) is 7.11 Å². The molecule has 8 heteroatoms. The topological polar surface area (TPSA) is 101 Å². The first-order valence-corrected chi connectivity index (χ1v) is 11.1. The van der Waals surface area contributed by atoms with Crippen LogP contribution < -0.4 is 5.32 Å². The highest BCUT2D eigenvalue weighted by Crippen LogP contribution is 2.30. The minimum Gasteiger partial charge on any atom is -0.467 e. The minimum absolute atomic E-state index is 0.235. The molecule has 0 saturated carbocycles. The zero-order valence-corrected chi connectivity index (χ0v) is 19.5. The number of benzene rings is 1. The summed E-state index contributed by atoms with van der Waals surface area (Å²) in [6.07, 6.45) is 1.78. The fourth-order valence-corrected chi connectivity index (χ4v) is 4.12. The molecule has 0 radical (unpaired) electrons. The van der Waals surface area contributed by atoms with Crippen LogP contribution in [0.1, 0.15) is 58.2 Å². The lowest BCUT2D eigenvalue weighted by molar-refractivity contribution is -0.154. The highest BCUT2D eigenvalue weighted by atomic mass is 16.6. The van der Waals surface area contributed by atoms with Crippen molar-refractivity contribution in [1.29, 1.82) is 0 Å². The molecule has 0 spiro atoms. The van der Waals surface area contributed by atoms with E-state index in [1.807, 2.05) is 31.2 Å². The Kier molecular flexibility index (Phi) is 7.11. The number of para-hydroxylation sites is 1. The van der Waals surface area contributed by atoms with Gasteiger partial charge >= 0.3 is 12.1 Å². The van der Waals surface area contributed by atoms with E-state index in [0.717, 1.165) is 35.0 Å². The van der Waals surface area contributed by atoms with Gasteiger partial charge in [0.2, 0.25) is 5.91 Å². The first kappa shape index (κ1) is 23.6. The quantitative estimate of drug-likeness (QED) is 0.664. The third-order valence-corrected chi connectivity index (χ3v) is 5.59. The second kappa shape index (κ2) is 9.63. The van der Waals surface area contributed by atoms with Crippen molar-refractivity contribution in [3.8, 4) is 0 Å². The van der Waals surface area contributed by atoms with Gasteiger partial charge in [-0.2, -0.15) is 0 Å². The first-order valence-electron chi connectivity index (χ1n) is 11.1. The average Bonchev–Trinajstić information content (AvgIpc) is 3.01. The lowest BCUT2D eigenvalue weighted by Crippen LogP contribution is -2.54. The van der Waals surface area contributed by atoms with Crippen LogP contribution in [0.15, 0.2) is 24.3 Å². The number of H-pyrrole nitrogens is 1. The molecule has 0 saturated heterocycles. The molecule has 2 atom stereocenters. The Bertz CT molecular complexity index is 991. The Morgan fingerprint density at radius 1 is 1.28 bits per heavy atom. The van der Waals surface area contributed by atoms with Crippen LogP contribution in [-0.4, -0.2) is 52.6 Å². The number of alkyl carbamates (subject to hydrolysis) is 1. The summed E-state index contributed by atoms with van der Waals surface area (Å²) < 4.78 is 10.4. The molecule has 0 aliphatic carbocycles. The number of esters is 1. The number of hydrogen-bond acceptors (Lipinski definition) is 5. The van der Waals surface area contributed by atoms with E-state index < -0.39 is 29.7 Å². The van der Waals surface area contributed by atoms with Gasteiger partial charge in [-0.1, -0.05) is 38.0 Å². The lowest BCUT2D eigenvalue weighted by atomic mass is 10.0. The van der Waals surface area contributed by atoms with Gasteiger partial charge in [-0.3, -0.25) is 4.79 Å². The zero-order valence-electron chi connectivity index (χ0n) is 19.5. The second-order valence-electron chi connectivity index (χ2n) is 9.18. The van der Waals surface area contributed by atoms with E-state index in [1.165, 1.54) is 12.0 Å². The predicted molar refractivity (Wildman–Crippen MR) is 121 cm³/mol.